The van der Waals surface area contributed by atoms with E-state index in [1.807, 2.05) is 18.2 Å². The largest absolute Gasteiger partial charge is 0.504 e. The van der Waals surface area contributed by atoms with Gasteiger partial charge in [0, 0.05) is 18.4 Å². The van der Waals surface area contributed by atoms with Crippen molar-refractivity contribution in [2.24, 2.45) is 17.6 Å². The molecule has 260 valence electrons. The first-order valence-electron chi connectivity index (χ1n) is 16.8. The van der Waals surface area contributed by atoms with Crippen molar-refractivity contribution < 1.29 is 37.3 Å². The Morgan fingerprint density at radius 2 is 1.55 bits per heavy atom. The van der Waals surface area contributed by atoms with Crippen LogP contribution in [0, 0.1) is 18.8 Å². The number of phenols is 1. The second-order valence-corrected chi connectivity index (χ2v) is 14.6. The zero-order valence-corrected chi connectivity index (χ0v) is 28.3. The highest BCUT2D eigenvalue weighted by Gasteiger charge is 2.53. The average molecular weight is 675 g/mol. The lowest BCUT2D eigenvalue weighted by molar-refractivity contribution is -0.141. The molecule has 0 aromatic heterocycles. The number of cyclic esters (lactones) is 1. The molecular weight excluding hydrogens is 624 g/mol. The average Bonchev–Trinajstić information content (AvgIpc) is 3.67. The Bertz CT molecular complexity index is 1490. The number of hydrogen-bond acceptors (Lipinski definition) is 11. The second kappa shape index (κ2) is 16.3. The number of rotatable bonds is 19. The maximum Gasteiger partial charge on any atom is 0.310 e. The Balaban J connectivity index is 1.22. The number of unbranched alkanes of at least 4 members (excludes halogenated alkanes) is 5. The van der Waals surface area contributed by atoms with E-state index in [2.05, 4.69) is 15.4 Å². The van der Waals surface area contributed by atoms with Crippen molar-refractivity contribution in [2.45, 2.75) is 63.8 Å². The minimum absolute atomic E-state index is 0.0272. The maximum absolute atomic E-state index is 13.5. The SMILES string of the molecule is COc1cc(C2c3cc4c(cc3[C@@H](NS(=O)(=O)CCNCCCNCCCCCCCCN)[C@H]3COC(=O)[C@H]23)OCO4)cc(C)c1O. The van der Waals surface area contributed by atoms with Crippen LogP contribution in [-0.2, 0) is 19.6 Å². The molecule has 4 atom stereocenters. The van der Waals surface area contributed by atoms with Crippen molar-refractivity contribution in [3.63, 3.8) is 0 Å². The van der Waals surface area contributed by atoms with Gasteiger partial charge >= 0.3 is 5.97 Å². The van der Waals surface area contributed by atoms with Gasteiger partial charge in [-0.1, -0.05) is 31.7 Å². The van der Waals surface area contributed by atoms with E-state index >= 15 is 0 Å². The van der Waals surface area contributed by atoms with Gasteiger partial charge in [-0.05, 0) is 92.8 Å². The highest BCUT2D eigenvalue weighted by Crippen LogP contribution is 2.55. The van der Waals surface area contributed by atoms with Gasteiger partial charge in [0.2, 0.25) is 16.8 Å². The van der Waals surface area contributed by atoms with E-state index in [0.29, 0.717) is 41.5 Å². The second-order valence-electron chi connectivity index (χ2n) is 12.7. The molecule has 0 radical (unpaired) electrons. The van der Waals surface area contributed by atoms with Crippen LogP contribution < -0.4 is 35.3 Å². The number of nitrogens with two attached hydrogens (primary N) is 1. The van der Waals surface area contributed by atoms with Gasteiger partial charge in [-0.3, -0.25) is 4.79 Å². The van der Waals surface area contributed by atoms with Crippen molar-refractivity contribution in [2.75, 3.05) is 59.0 Å². The molecule has 2 aliphatic heterocycles. The van der Waals surface area contributed by atoms with Crippen LogP contribution in [0.5, 0.6) is 23.0 Å². The Kier molecular flexibility index (Phi) is 12.2. The molecule has 3 aliphatic rings. The maximum atomic E-state index is 13.5. The molecule has 6 N–H and O–H groups in total. The third kappa shape index (κ3) is 8.50. The summed E-state index contributed by atoms with van der Waals surface area (Å²) in [4.78, 5) is 13.3. The summed E-state index contributed by atoms with van der Waals surface area (Å²) in [6.45, 7) is 5.56. The summed E-state index contributed by atoms with van der Waals surface area (Å²) in [5.74, 6) is -0.732. The molecular formula is C34H50N4O8S. The standard InChI is InChI=1S/C34H50N4O8S/c1-22-16-23(17-29(43-2)33(22)39)30-24-18-27-28(46-21-45-27)19-25(24)32(26-20-44-34(40)31(26)30)38-47(41,42)15-14-37-13-9-12-36-11-8-6-4-3-5-7-10-35/h16-19,26,30-32,36-39H,3-15,20-21,35H2,1-2H3/t26-,30?,31-,32+/m0/s1. The number of nitrogens with one attached hydrogen (secondary N) is 3. The third-order valence-electron chi connectivity index (χ3n) is 9.42. The van der Waals surface area contributed by atoms with Crippen LogP contribution in [0.2, 0.25) is 0 Å². The molecule has 47 heavy (non-hydrogen) atoms. The van der Waals surface area contributed by atoms with E-state index in [0.717, 1.165) is 50.0 Å². The molecule has 5 rings (SSSR count). The summed E-state index contributed by atoms with van der Waals surface area (Å²) in [6.07, 6.45) is 8.12. The fourth-order valence-electron chi connectivity index (χ4n) is 6.97. The lowest BCUT2D eigenvalue weighted by Gasteiger charge is -2.39. The van der Waals surface area contributed by atoms with E-state index in [9.17, 15) is 18.3 Å². The van der Waals surface area contributed by atoms with Gasteiger partial charge in [-0.25, -0.2) is 13.1 Å². The van der Waals surface area contributed by atoms with Crippen LogP contribution in [0.3, 0.4) is 0 Å². The molecule has 2 aromatic rings. The summed E-state index contributed by atoms with van der Waals surface area (Å²) in [5, 5.41) is 17.2. The summed E-state index contributed by atoms with van der Waals surface area (Å²) in [5.41, 5.74) is 8.34. The van der Waals surface area contributed by atoms with E-state index in [1.165, 1.54) is 32.8 Å². The summed E-state index contributed by atoms with van der Waals surface area (Å²) < 4.78 is 52.2. The Morgan fingerprint density at radius 3 is 2.28 bits per heavy atom. The number of aryl methyl sites for hydroxylation is 1. The molecule has 0 amide bonds. The highest BCUT2D eigenvalue weighted by atomic mass is 32.2. The Labute approximate surface area is 278 Å². The fourth-order valence-corrected chi connectivity index (χ4v) is 8.19. The number of benzene rings is 2. The molecule has 1 aliphatic carbocycles. The monoisotopic (exact) mass is 674 g/mol. The lowest BCUT2D eigenvalue weighted by atomic mass is 9.65. The Morgan fingerprint density at radius 1 is 0.894 bits per heavy atom. The van der Waals surface area contributed by atoms with Gasteiger partial charge in [0.15, 0.2) is 23.0 Å². The van der Waals surface area contributed by atoms with E-state index in [4.69, 9.17) is 24.7 Å². The van der Waals surface area contributed by atoms with E-state index in [-0.39, 0.29) is 24.9 Å². The quantitative estimate of drug-likeness (QED) is 0.110. The number of carbonyl (C=O) groups is 1. The summed E-state index contributed by atoms with van der Waals surface area (Å²) >= 11 is 0. The zero-order valence-electron chi connectivity index (χ0n) is 27.5. The van der Waals surface area contributed by atoms with Gasteiger partial charge in [0.05, 0.1) is 31.4 Å². The highest BCUT2D eigenvalue weighted by molar-refractivity contribution is 7.89. The first kappa shape index (κ1) is 35.2. The van der Waals surface area contributed by atoms with Crippen LogP contribution >= 0.6 is 0 Å². The fraction of sp³-hybridized carbons (Fsp3) is 0.618. The molecule has 13 heteroatoms. The normalized spacial score (nSPS) is 21.4. The molecule has 0 spiro atoms. The first-order chi connectivity index (χ1) is 22.7. The molecule has 1 saturated heterocycles. The van der Waals surface area contributed by atoms with Gasteiger partial charge in [0.1, 0.15) is 0 Å². The molecule has 1 fully saturated rings. The molecule has 12 nitrogen and oxygen atoms in total. The topological polar surface area (TPSA) is 170 Å². The zero-order chi connectivity index (χ0) is 33.4. The predicted octanol–water partition coefficient (Wildman–Crippen LogP) is 3.20. The molecule has 2 aromatic carbocycles. The number of phenolic OH excluding ortho intramolecular Hbond substituents is 1. The first-order valence-corrected chi connectivity index (χ1v) is 18.5. The van der Waals surface area contributed by atoms with Crippen molar-refractivity contribution in [1.82, 2.24) is 15.4 Å². The number of sulfonamides is 1. The van der Waals surface area contributed by atoms with Crippen LogP contribution in [0.15, 0.2) is 24.3 Å². The number of methoxy groups -OCH3 is 1. The van der Waals surface area contributed by atoms with Crippen molar-refractivity contribution >= 4 is 16.0 Å². The molecule has 0 saturated carbocycles. The van der Waals surface area contributed by atoms with Crippen LogP contribution in [0.4, 0.5) is 0 Å². The van der Waals surface area contributed by atoms with Crippen LogP contribution in [0.25, 0.3) is 0 Å². The van der Waals surface area contributed by atoms with Crippen molar-refractivity contribution in [1.29, 1.82) is 0 Å². The predicted molar refractivity (Wildman–Crippen MR) is 179 cm³/mol. The van der Waals surface area contributed by atoms with E-state index < -0.39 is 39.8 Å². The number of ether oxygens (including phenoxy) is 4. The van der Waals surface area contributed by atoms with Gasteiger partial charge < -0.3 is 40.4 Å². The molecule has 2 heterocycles. The molecule has 0 bridgehead atoms. The van der Waals surface area contributed by atoms with E-state index in [1.54, 1.807) is 13.0 Å². The minimum atomic E-state index is -3.74. The van der Waals surface area contributed by atoms with Gasteiger partial charge in [-0.2, -0.15) is 0 Å². The van der Waals surface area contributed by atoms with Gasteiger partial charge in [0.25, 0.3) is 0 Å². The van der Waals surface area contributed by atoms with Crippen LogP contribution in [0.1, 0.15) is 79.2 Å². The van der Waals surface area contributed by atoms with Crippen molar-refractivity contribution in [3.05, 3.63) is 46.5 Å². The minimum Gasteiger partial charge on any atom is -0.504 e. The molecule has 1 unspecified atom stereocenters. The number of fused-ring (bicyclic) bond motifs is 3. The van der Waals surface area contributed by atoms with Crippen LogP contribution in [-0.4, -0.2) is 78.5 Å². The lowest BCUT2D eigenvalue weighted by Crippen LogP contribution is -2.44. The number of aromatic hydroxyl groups is 1. The summed E-state index contributed by atoms with van der Waals surface area (Å²) in [7, 11) is -2.27. The number of hydrogen-bond donors (Lipinski definition) is 5. The van der Waals surface area contributed by atoms with Gasteiger partial charge in [-0.15, -0.1) is 0 Å². The van der Waals surface area contributed by atoms with Crippen molar-refractivity contribution in [3.8, 4) is 23.0 Å². The smallest absolute Gasteiger partial charge is 0.310 e. The number of esters is 1. The Hall–Kier alpha value is -3.10. The summed E-state index contributed by atoms with van der Waals surface area (Å²) in [6, 6.07) is 6.49. The third-order valence-corrected chi connectivity index (χ3v) is 10.8. The number of carbonyl (C=O) groups excluding carboxylic acids is 1.